The van der Waals surface area contributed by atoms with Gasteiger partial charge in [0.1, 0.15) is 0 Å². The van der Waals surface area contributed by atoms with Gasteiger partial charge in [0.05, 0.1) is 0 Å². The molecule has 0 heterocycles. The van der Waals surface area contributed by atoms with Crippen LogP contribution in [-0.2, 0) is 26.1 Å². The van der Waals surface area contributed by atoms with Gasteiger partial charge in [-0.3, -0.25) is 0 Å². The van der Waals surface area contributed by atoms with Gasteiger partial charge in [-0.25, -0.2) is 0 Å². The fraction of sp³-hybridized carbons (Fsp3) is 0.292. The molecule has 0 aliphatic rings. The summed E-state index contributed by atoms with van der Waals surface area (Å²) in [6, 6.07) is 21.6. The van der Waals surface area contributed by atoms with E-state index in [1.165, 1.54) is 25.7 Å². The predicted molar refractivity (Wildman–Crippen MR) is 112 cm³/mol. The van der Waals surface area contributed by atoms with Crippen LogP contribution in [0.5, 0.6) is 0 Å². The van der Waals surface area contributed by atoms with E-state index in [4.69, 9.17) is 4.99 Å². The molecule has 0 saturated heterocycles. The van der Waals surface area contributed by atoms with E-state index in [9.17, 15) is 0 Å². The molecule has 0 N–H and O–H groups in total. The van der Waals surface area contributed by atoms with E-state index in [2.05, 4.69) is 93.0 Å². The SMILES string of the molecule is C=C/C(CCC)=C(/CC)N=[C]([Hg])N(C)C(c1ccccc1)c1ccccc1. The first-order valence-corrected chi connectivity index (χ1v) is 12.4. The number of allylic oxidation sites excluding steroid dienone is 3. The predicted octanol–water partition coefficient (Wildman–Crippen LogP) is 6.26. The zero-order chi connectivity index (χ0) is 19.6. The Labute approximate surface area is 180 Å². The second-order valence-electron chi connectivity index (χ2n) is 6.64. The number of hydrogen-bond acceptors (Lipinski definition) is 1. The van der Waals surface area contributed by atoms with Crippen molar-refractivity contribution in [1.29, 1.82) is 0 Å². The normalized spacial score (nSPS) is 12.7. The number of rotatable bonds is 8. The first-order valence-electron chi connectivity index (χ1n) is 9.70. The van der Waals surface area contributed by atoms with E-state index in [1.807, 2.05) is 6.08 Å². The number of aliphatic imine (C=N–C) groups is 1. The standard InChI is InChI=1S/C24H29N2.Hg/c1-5-14-20(6-2)23(7-3)25-19-26(4)24(21-15-10-8-11-16-21)22-17-12-9-13-18-22;/h6,8-13,15-18,24H,2,5,7,14H2,1,3-4H3;/b23-20+,25-19?;. The summed E-state index contributed by atoms with van der Waals surface area (Å²) in [7, 11) is 2.18. The monoisotopic (exact) mass is 547 g/mol. The van der Waals surface area contributed by atoms with Crippen molar-refractivity contribution >= 4 is 3.34 Å². The van der Waals surface area contributed by atoms with Crippen molar-refractivity contribution < 1.29 is 26.1 Å². The minimum atomic E-state index is 0.181. The van der Waals surface area contributed by atoms with E-state index in [0.717, 1.165) is 19.3 Å². The first kappa shape index (κ1) is 21.6. The van der Waals surface area contributed by atoms with Gasteiger partial charge in [0.2, 0.25) is 0 Å². The summed E-state index contributed by atoms with van der Waals surface area (Å²) in [5.74, 6) is 0. The number of hydrogen-bond donors (Lipinski definition) is 0. The third-order valence-electron chi connectivity index (χ3n) is 4.76. The van der Waals surface area contributed by atoms with E-state index in [-0.39, 0.29) is 6.04 Å². The maximum atomic E-state index is 5.09. The zero-order valence-corrected chi connectivity index (χ0v) is 22.4. The first-order chi connectivity index (χ1) is 13.1. The van der Waals surface area contributed by atoms with Gasteiger partial charge in [-0.2, -0.15) is 0 Å². The second-order valence-corrected chi connectivity index (χ2v) is 9.10. The average molecular weight is 546 g/mol. The average Bonchev–Trinajstić information content (AvgIpc) is 2.72. The van der Waals surface area contributed by atoms with E-state index < -0.39 is 0 Å². The molecule has 0 bridgehead atoms. The molecule has 2 rings (SSSR count). The molecule has 0 aliphatic carbocycles. The van der Waals surface area contributed by atoms with Crippen molar-refractivity contribution in [2.45, 2.75) is 39.2 Å². The molecule has 2 nitrogen and oxygen atoms in total. The fourth-order valence-electron chi connectivity index (χ4n) is 3.31. The second kappa shape index (κ2) is 11.2. The summed E-state index contributed by atoms with van der Waals surface area (Å²) < 4.78 is 1.21. The molecule has 2 aromatic rings. The Bertz CT molecular complexity index is 739. The molecule has 2 aromatic carbocycles. The number of nitrogens with zero attached hydrogens (tertiary/aromatic N) is 2. The Balaban J connectivity index is 2.45. The van der Waals surface area contributed by atoms with Crippen LogP contribution in [0.15, 0.2) is 89.6 Å². The molecule has 0 unspecified atom stereocenters. The van der Waals surface area contributed by atoms with Crippen LogP contribution in [-0.4, -0.2) is 15.3 Å². The molecule has 0 atom stereocenters. The Morgan fingerprint density at radius 3 is 1.96 bits per heavy atom. The summed E-state index contributed by atoms with van der Waals surface area (Å²) in [4.78, 5) is 7.45. The Morgan fingerprint density at radius 1 is 1.04 bits per heavy atom. The molecule has 137 valence electrons. The van der Waals surface area contributed by atoms with Crippen LogP contribution in [0.1, 0.15) is 50.3 Å². The van der Waals surface area contributed by atoms with Crippen molar-refractivity contribution in [2.75, 3.05) is 7.05 Å². The van der Waals surface area contributed by atoms with Crippen molar-refractivity contribution in [3.05, 3.63) is 95.7 Å². The molecule has 0 aromatic heterocycles. The molecule has 0 radical (unpaired) electrons. The van der Waals surface area contributed by atoms with Crippen LogP contribution in [0.3, 0.4) is 0 Å². The van der Waals surface area contributed by atoms with Crippen LogP contribution >= 0.6 is 0 Å². The Morgan fingerprint density at radius 2 is 1.56 bits per heavy atom. The molecule has 27 heavy (non-hydrogen) atoms. The Hall–Kier alpha value is -1.67. The summed E-state index contributed by atoms with van der Waals surface area (Å²) in [5, 5.41) is 0. The van der Waals surface area contributed by atoms with Gasteiger partial charge < -0.3 is 0 Å². The molecule has 0 fully saturated rings. The van der Waals surface area contributed by atoms with Gasteiger partial charge >= 0.3 is 181 Å². The van der Waals surface area contributed by atoms with Gasteiger partial charge in [0.25, 0.3) is 0 Å². The van der Waals surface area contributed by atoms with Crippen molar-refractivity contribution in [1.82, 2.24) is 4.90 Å². The summed E-state index contributed by atoms with van der Waals surface area (Å²) >= 11 is 0.400. The zero-order valence-electron chi connectivity index (χ0n) is 16.9. The molecular weight excluding hydrogens is 517 g/mol. The fourth-order valence-corrected chi connectivity index (χ4v) is 4.76. The maximum absolute atomic E-state index is 5.09. The summed E-state index contributed by atoms with van der Waals surface area (Å²) in [6.07, 6.45) is 5.09. The van der Waals surface area contributed by atoms with E-state index in [0.29, 0.717) is 26.1 Å². The third-order valence-corrected chi connectivity index (χ3v) is 7.31. The van der Waals surface area contributed by atoms with Crippen LogP contribution < -0.4 is 0 Å². The molecular formula is C24H29HgN2. The van der Waals surface area contributed by atoms with Crippen LogP contribution in [0, 0.1) is 0 Å². The van der Waals surface area contributed by atoms with Gasteiger partial charge in [0.15, 0.2) is 0 Å². The molecule has 0 aliphatic heterocycles. The molecule has 0 saturated carbocycles. The molecule has 3 heteroatoms. The topological polar surface area (TPSA) is 15.6 Å². The van der Waals surface area contributed by atoms with Gasteiger partial charge in [-0.15, -0.1) is 0 Å². The molecule has 0 amide bonds. The minimum absolute atomic E-state index is 0.181. The van der Waals surface area contributed by atoms with Crippen molar-refractivity contribution in [3.8, 4) is 0 Å². The summed E-state index contributed by atoms with van der Waals surface area (Å²) in [5.41, 5.74) is 5.06. The summed E-state index contributed by atoms with van der Waals surface area (Å²) in [6.45, 7) is 8.40. The molecule has 0 spiro atoms. The third kappa shape index (κ3) is 5.90. The van der Waals surface area contributed by atoms with Crippen LogP contribution in [0.4, 0.5) is 0 Å². The van der Waals surface area contributed by atoms with E-state index in [1.54, 1.807) is 0 Å². The van der Waals surface area contributed by atoms with E-state index >= 15 is 0 Å². The van der Waals surface area contributed by atoms with Gasteiger partial charge in [-0.1, -0.05) is 0 Å². The Kier molecular flexibility index (Phi) is 9.00. The van der Waals surface area contributed by atoms with Gasteiger partial charge in [0, 0.05) is 0 Å². The van der Waals surface area contributed by atoms with Gasteiger partial charge in [-0.05, 0) is 0 Å². The van der Waals surface area contributed by atoms with Crippen molar-refractivity contribution in [2.24, 2.45) is 4.99 Å². The van der Waals surface area contributed by atoms with Crippen LogP contribution in [0.2, 0.25) is 0 Å². The quantitative estimate of drug-likeness (QED) is 0.165. The number of amidine groups is 1. The number of benzene rings is 2. The van der Waals surface area contributed by atoms with Crippen molar-refractivity contribution in [3.63, 3.8) is 0 Å². The van der Waals surface area contributed by atoms with Crippen LogP contribution in [0.25, 0.3) is 0 Å².